The fourth-order valence-corrected chi connectivity index (χ4v) is 4.46. The van der Waals surface area contributed by atoms with Crippen LogP contribution < -0.4 is 4.74 Å². The summed E-state index contributed by atoms with van der Waals surface area (Å²) in [7, 11) is 0. The van der Waals surface area contributed by atoms with E-state index in [0.717, 1.165) is 50.5 Å². The van der Waals surface area contributed by atoms with Crippen molar-refractivity contribution in [3.05, 3.63) is 112 Å². The molecule has 5 nitrogen and oxygen atoms in total. The zero-order chi connectivity index (χ0) is 25.2. The predicted octanol–water partition coefficient (Wildman–Crippen LogP) is 7.58. The summed E-state index contributed by atoms with van der Waals surface area (Å²) in [4.78, 5) is 7.90. The highest BCUT2D eigenvalue weighted by Crippen LogP contribution is 2.27. The molecule has 2 heterocycles. The minimum absolute atomic E-state index is 0.478. The van der Waals surface area contributed by atoms with Gasteiger partial charge in [-0.3, -0.25) is 0 Å². The lowest BCUT2D eigenvalue weighted by atomic mass is 10.1. The van der Waals surface area contributed by atoms with E-state index in [0.29, 0.717) is 23.0 Å². The zero-order valence-corrected chi connectivity index (χ0v) is 21.1. The first-order chi connectivity index (χ1) is 17.4. The average Bonchev–Trinajstić information content (AvgIpc) is 3.41. The van der Waals surface area contributed by atoms with Crippen molar-refractivity contribution in [2.75, 3.05) is 0 Å². The molecule has 178 valence electrons. The van der Waals surface area contributed by atoms with E-state index in [9.17, 15) is 5.26 Å². The molecule has 5 aromatic rings. The molecule has 0 fully saturated rings. The highest BCUT2D eigenvalue weighted by molar-refractivity contribution is 6.30. The van der Waals surface area contributed by atoms with E-state index >= 15 is 0 Å². The van der Waals surface area contributed by atoms with Gasteiger partial charge in [-0.1, -0.05) is 29.8 Å². The Morgan fingerprint density at radius 2 is 1.78 bits per heavy atom. The first-order valence-corrected chi connectivity index (χ1v) is 12.0. The molecule has 0 atom stereocenters. The lowest BCUT2D eigenvalue weighted by Crippen LogP contribution is -2.00. The molecule has 0 aliphatic rings. The van der Waals surface area contributed by atoms with Crippen molar-refractivity contribution in [2.45, 2.75) is 27.4 Å². The van der Waals surface area contributed by atoms with Crippen molar-refractivity contribution in [1.29, 1.82) is 5.26 Å². The lowest BCUT2D eigenvalue weighted by Gasteiger charge is -2.11. The van der Waals surface area contributed by atoms with E-state index < -0.39 is 0 Å². The number of benzene rings is 3. The number of aromatic amines is 1. The Kier molecular flexibility index (Phi) is 6.37. The van der Waals surface area contributed by atoms with Crippen LogP contribution in [0.3, 0.4) is 0 Å². The predicted molar refractivity (Wildman–Crippen MR) is 145 cm³/mol. The number of rotatable bonds is 6. The number of aromatic nitrogens is 3. The van der Waals surface area contributed by atoms with E-state index in [1.807, 2.05) is 79.7 Å². The fraction of sp³-hybridized carbons (Fsp3) is 0.133. The van der Waals surface area contributed by atoms with Gasteiger partial charge >= 0.3 is 0 Å². The normalized spacial score (nSPS) is 11.6. The molecule has 5 rings (SSSR count). The summed E-state index contributed by atoms with van der Waals surface area (Å²) < 4.78 is 8.10. The second kappa shape index (κ2) is 9.77. The maximum atomic E-state index is 9.88. The number of halogens is 1. The van der Waals surface area contributed by atoms with Crippen LogP contribution in [-0.4, -0.2) is 14.5 Å². The fourth-order valence-electron chi connectivity index (χ4n) is 4.33. The molecule has 0 spiro atoms. The van der Waals surface area contributed by atoms with Crippen LogP contribution in [0.1, 0.15) is 33.9 Å². The quantitative estimate of drug-likeness (QED) is 0.248. The third kappa shape index (κ3) is 4.77. The van der Waals surface area contributed by atoms with Gasteiger partial charge in [0.15, 0.2) is 0 Å². The van der Waals surface area contributed by atoms with Gasteiger partial charge in [0, 0.05) is 22.1 Å². The minimum Gasteiger partial charge on any atom is -0.489 e. The van der Waals surface area contributed by atoms with Crippen LogP contribution in [0.25, 0.3) is 28.4 Å². The molecule has 0 saturated heterocycles. The lowest BCUT2D eigenvalue weighted by molar-refractivity contribution is 0.306. The number of imidazole rings is 1. The number of nitrogens with one attached hydrogen (secondary N) is 1. The molecular weight excluding hydrogens is 468 g/mol. The molecule has 2 aromatic heterocycles. The van der Waals surface area contributed by atoms with Crippen molar-refractivity contribution in [3.63, 3.8) is 0 Å². The molecule has 0 radical (unpaired) electrons. The number of H-pyrrole nitrogens is 1. The Bertz CT molecular complexity index is 1620. The number of aryl methyl sites for hydroxylation is 2. The summed E-state index contributed by atoms with van der Waals surface area (Å²) >= 11 is 5.95. The van der Waals surface area contributed by atoms with Gasteiger partial charge in [-0.2, -0.15) is 5.26 Å². The summed E-state index contributed by atoms with van der Waals surface area (Å²) in [6, 6.07) is 26.1. The first kappa shape index (κ1) is 23.5. The zero-order valence-electron chi connectivity index (χ0n) is 20.3. The van der Waals surface area contributed by atoms with E-state index in [-0.39, 0.29) is 0 Å². The van der Waals surface area contributed by atoms with Gasteiger partial charge in [-0.15, -0.1) is 0 Å². The number of allylic oxidation sites excluding steroid dienone is 1. The smallest absolute Gasteiger partial charge is 0.149 e. The molecule has 0 unspecified atom stereocenters. The van der Waals surface area contributed by atoms with Crippen LogP contribution >= 0.6 is 11.6 Å². The summed E-state index contributed by atoms with van der Waals surface area (Å²) in [5.74, 6) is 1.37. The van der Waals surface area contributed by atoms with Gasteiger partial charge in [0.25, 0.3) is 0 Å². The van der Waals surface area contributed by atoms with Crippen molar-refractivity contribution in [3.8, 4) is 17.5 Å². The molecular formula is C30H25ClN4O. The summed E-state index contributed by atoms with van der Waals surface area (Å²) in [6.07, 6.45) is 1.90. The number of ether oxygens (including phenoxy) is 1. The molecule has 36 heavy (non-hydrogen) atoms. The van der Waals surface area contributed by atoms with Crippen molar-refractivity contribution in [2.24, 2.45) is 0 Å². The van der Waals surface area contributed by atoms with E-state index in [4.69, 9.17) is 16.3 Å². The number of hydrogen-bond acceptors (Lipinski definition) is 3. The third-order valence-electron chi connectivity index (χ3n) is 6.20. The minimum atomic E-state index is 0.478. The van der Waals surface area contributed by atoms with Gasteiger partial charge in [0.05, 0.1) is 16.6 Å². The van der Waals surface area contributed by atoms with Crippen molar-refractivity contribution in [1.82, 2.24) is 14.5 Å². The van der Waals surface area contributed by atoms with Crippen LogP contribution in [0.2, 0.25) is 5.02 Å². The second-order valence-electron chi connectivity index (χ2n) is 8.85. The molecule has 1 N–H and O–H groups in total. The van der Waals surface area contributed by atoms with E-state index in [1.54, 1.807) is 0 Å². The van der Waals surface area contributed by atoms with Crippen LogP contribution in [0.4, 0.5) is 0 Å². The number of nitriles is 1. The molecule has 6 heteroatoms. The van der Waals surface area contributed by atoms with E-state index in [1.165, 1.54) is 0 Å². The Morgan fingerprint density at radius 1 is 1.03 bits per heavy atom. The van der Waals surface area contributed by atoms with Gasteiger partial charge in [0.2, 0.25) is 0 Å². The Labute approximate surface area is 215 Å². The second-order valence-corrected chi connectivity index (χ2v) is 9.28. The molecule has 3 aromatic carbocycles. The molecule has 0 aliphatic carbocycles. The molecule has 0 bridgehead atoms. The standard InChI is InChI=1S/C30H25ClN4O/c1-19-4-13-28-29(14-19)34-30(33-28)24(17-32)16-23-15-20(2)35(21(23)3)26-9-11-27(12-10-26)36-18-22-5-7-25(31)8-6-22/h4-16H,18H2,1-3H3,(H,33,34). The number of hydrogen-bond donors (Lipinski definition) is 1. The topological polar surface area (TPSA) is 66.6 Å². The monoisotopic (exact) mass is 492 g/mol. The molecule has 0 saturated carbocycles. The van der Waals surface area contributed by atoms with Crippen LogP contribution in [0.15, 0.2) is 72.8 Å². The number of nitrogens with zero attached hydrogens (tertiary/aromatic N) is 3. The highest BCUT2D eigenvalue weighted by atomic mass is 35.5. The van der Waals surface area contributed by atoms with Crippen LogP contribution in [-0.2, 0) is 6.61 Å². The summed E-state index contributed by atoms with van der Waals surface area (Å²) in [6.45, 7) is 6.63. The highest BCUT2D eigenvalue weighted by Gasteiger charge is 2.13. The van der Waals surface area contributed by atoms with E-state index in [2.05, 4.69) is 40.5 Å². The Hall–Kier alpha value is -4.27. The first-order valence-electron chi connectivity index (χ1n) is 11.7. The summed E-state index contributed by atoms with van der Waals surface area (Å²) in [5, 5.41) is 10.6. The molecule has 0 aliphatic heterocycles. The van der Waals surface area contributed by atoms with Crippen LogP contribution in [0.5, 0.6) is 5.75 Å². The Morgan fingerprint density at radius 3 is 2.50 bits per heavy atom. The number of fused-ring (bicyclic) bond motifs is 1. The average molecular weight is 493 g/mol. The maximum Gasteiger partial charge on any atom is 0.149 e. The van der Waals surface area contributed by atoms with Crippen LogP contribution in [0, 0.1) is 32.1 Å². The Balaban J connectivity index is 1.39. The van der Waals surface area contributed by atoms with Gasteiger partial charge in [-0.25, -0.2) is 4.98 Å². The van der Waals surface area contributed by atoms with Gasteiger partial charge in [0.1, 0.15) is 24.3 Å². The molecule has 0 amide bonds. The van der Waals surface area contributed by atoms with Crippen molar-refractivity contribution >= 4 is 34.3 Å². The third-order valence-corrected chi connectivity index (χ3v) is 6.45. The largest absolute Gasteiger partial charge is 0.489 e. The summed E-state index contributed by atoms with van der Waals surface area (Å²) in [5.41, 5.74) is 8.60. The maximum absolute atomic E-state index is 9.88. The van der Waals surface area contributed by atoms with Crippen molar-refractivity contribution < 1.29 is 4.74 Å². The SMILES string of the molecule is Cc1ccc2nc(C(C#N)=Cc3cc(C)n(-c4ccc(OCc5ccc(Cl)cc5)cc4)c3C)[nH]c2c1. The van der Waals surface area contributed by atoms with Gasteiger partial charge < -0.3 is 14.3 Å². The van der Waals surface area contributed by atoms with Gasteiger partial charge in [-0.05, 0) is 98.1 Å².